The van der Waals surface area contributed by atoms with Crippen molar-refractivity contribution >= 4 is 51.5 Å². The Morgan fingerprint density at radius 3 is 2.79 bits per heavy atom. The van der Waals surface area contributed by atoms with Crippen molar-refractivity contribution in [3.63, 3.8) is 0 Å². The van der Waals surface area contributed by atoms with Gasteiger partial charge in [-0.2, -0.15) is 0 Å². The quantitative estimate of drug-likeness (QED) is 0.870. The molecule has 2 aromatic rings. The van der Waals surface area contributed by atoms with E-state index in [1.807, 2.05) is 6.92 Å². The molecule has 1 N–H and O–H groups in total. The topological polar surface area (TPSA) is 62.3 Å². The van der Waals surface area contributed by atoms with Gasteiger partial charge in [0.2, 0.25) is 5.91 Å². The van der Waals surface area contributed by atoms with E-state index in [1.54, 1.807) is 23.2 Å². The minimum Gasteiger partial charge on any atom is -0.327 e. The molecule has 2 amide bonds. The van der Waals surface area contributed by atoms with Crippen LogP contribution in [0.5, 0.6) is 0 Å². The molecular weight excluding hydrogens is 369 g/mol. The average molecular weight is 384 g/mol. The normalized spacial score (nSPS) is 17.1. The molecule has 1 aliphatic heterocycles. The van der Waals surface area contributed by atoms with E-state index in [1.165, 1.54) is 17.4 Å². The fourth-order valence-electron chi connectivity index (χ4n) is 2.68. The molecule has 1 atom stereocenters. The van der Waals surface area contributed by atoms with Crippen molar-refractivity contribution in [1.29, 1.82) is 0 Å². The minimum atomic E-state index is -0.504. The van der Waals surface area contributed by atoms with Gasteiger partial charge in [0.1, 0.15) is 6.04 Å². The summed E-state index contributed by atoms with van der Waals surface area (Å²) >= 11 is 13.3. The standard InChI is InChI=1S/C16H15Cl2N3O2S/c1-9-8-19-16(24-9)20-14(22)13-3-2-6-21(13)15(23)10-4-5-11(17)12(18)7-10/h4-5,7-8,13H,2-3,6H2,1H3,(H,19,20,22)/t13-/m1/s1. The summed E-state index contributed by atoms with van der Waals surface area (Å²) in [6.07, 6.45) is 3.11. The Morgan fingerprint density at radius 2 is 2.12 bits per heavy atom. The van der Waals surface area contributed by atoms with Crippen LogP contribution < -0.4 is 5.32 Å². The SMILES string of the molecule is Cc1cnc(NC(=O)[C@H]2CCCN2C(=O)c2ccc(Cl)c(Cl)c2)s1. The molecule has 1 aliphatic rings. The number of halogens is 2. The Labute approximate surface area is 153 Å². The van der Waals surface area contributed by atoms with Crippen LogP contribution in [-0.2, 0) is 4.79 Å². The lowest BCUT2D eigenvalue weighted by molar-refractivity contribution is -0.119. The number of anilines is 1. The zero-order chi connectivity index (χ0) is 17.3. The summed E-state index contributed by atoms with van der Waals surface area (Å²) in [5.74, 6) is -0.434. The van der Waals surface area contributed by atoms with Crippen molar-refractivity contribution in [1.82, 2.24) is 9.88 Å². The highest BCUT2D eigenvalue weighted by molar-refractivity contribution is 7.15. The first-order chi connectivity index (χ1) is 11.5. The zero-order valence-electron chi connectivity index (χ0n) is 12.9. The van der Waals surface area contributed by atoms with Crippen LogP contribution in [0.1, 0.15) is 28.1 Å². The molecule has 1 saturated heterocycles. The summed E-state index contributed by atoms with van der Waals surface area (Å²) in [7, 11) is 0. The summed E-state index contributed by atoms with van der Waals surface area (Å²) in [5, 5.41) is 4.05. The molecule has 2 heterocycles. The largest absolute Gasteiger partial charge is 0.327 e. The first-order valence-corrected chi connectivity index (χ1v) is 9.02. The number of hydrogen-bond donors (Lipinski definition) is 1. The van der Waals surface area contributed by atoms with E-state index >= 15 is 0 Å². The van der Waals surface area contributed by atoms with Gasteiger partial charge in [0.05, 0.1) is 10.0 Å². The highest BCUT2D eigenvalue weighted by Crippen LogP contribution is 2.26. The summed E-state index contributed by atoms with van der Waals surface area (Å²) in [5.41, 5.74) is 0.425. The number of nitrogens with zero attached hydrogens (tertiary/aromatic N) is 2. The number of carbonyl (C=O) groups is 2. The highest BCUT2D eigenvalue weighted by Gasteiger charge is 2.35. The third-order valence-electron chi connectivity index (χ3n) is 3.83. The van der Waals surface area contributed by atoms with Crippen LogP contribution in [0.3, 0.4) is 0 Å². The first kappa shape index (κ1) is 17.2. The molecule has 0 spiro atoms. The van der Waals surface area contributed by atoms with Gasteiger partial charge in [0.15, 0.2) is 5.13 Å². The lowest BCUT2D eigenvalue weighted by Crippen LogP contribution is -2.43. The van der Waals surface area contributed by atoms with Gasteiger partial charge in [-0.25, -0.2) is 4.98 Å². The molecule has 5 nitrogen and oxygen atoms in total. The van der Waals surface area contributed by atoms with Gasteiger partial charge in [0, 0.05) is 23.2 Å². The van der Waals surface area contributed by atoms with Crippen LogP contribution in [0.25, 0.3) is 0 Å². The fourth-order valence-corrected chi connectivity index (χ4v) is 3.64. The molecule has 0 bridgehead atoms. The number of aromatic nitrogens is 1. The zero-order valence-corrected chi connectivity index (χ0v) is 15.2. The lowest BCUT2D eigenvalue weighted by Gasteiger charge is -2.23. The van der Waals surface area contributed by atoms with Crippen molar-refractivity contribution in [2.45, 2.75) is 25.8 Å². The van der Waals surface area contributed by atoms with E-state index in [2.05, 4.69) is 10.3 Å². The molecule has 0 aliphatic carbocycles. The van der Waals surface area contributed by atoms with E-state index in [0.717, 1.165) is 11.3 Å². The molecule has 0 unspecified atom stereocenters. The predicted octanol–water partition coefficient (Wildman–Crippen LogP) is 4.00. The van der Waals surface area contributed by atoms with E-state index in [-0.39, 0.29) is 11.8 Å². The maximum Gasteiger partial charge on any atom is 0.254 e. The average Bonchev–Trinajstić information content (AvgIpc) is 3.18. The van der Waals surface area contributed by atoms with Crippen molar-refractivity contribution in [2.75, 3.05) is 11.9 Å². The van der Waals surface area contributed by atoms with Gasteiger partial charge < -0.3 is 10.2 Å². The Hall–Kier alpha value is -1.63. The maximum absolute atomic E-state index is 12.7. The molecule has 0 radical (unpaired) electrons. The molecule has 1 fully saturated rings. The smallest absolute Gasteiger partial charge is 0.254 e. The lowest BCUT2D eigenvalue weighted by atomic mass is 10.1. The van der Waals surface area contributed by atoms with Crippen LogP contribution in [0.2, 0.25) is 10.0 Å². The predicted molar refractivity (Wildman–Crippen MR) is 96.0 cm³/mol. The van der Waals surface area contributed by atoms with Crippen LogP contribution >= 0.6 is 34.5 Å². The van der Waals surface area contributed by atoms with E-state index in [4.69, 9.17) is 23.2 Å². The molecule has 0 saturated carbocycles. The molecule has 1 aromatic carbocycles. The van der Waals surface area contributed by atoms with Crippen molar-refractivity contribution in [3.05, 3.63) is 44.9 Å². The Kier molecular flexibility index (Phi) is 5.08. The number of aryl methyl sites for hydroxylation is 1. The fraction of sp³-hybridized carbons (Fsp3) is 0.312. The van der Waals surface area contributed by atoms with Crippen LogP contribution in [0.4, 0.5) is 5.13 Å². The van der Waals surface area contributed by atoms with Crippen molar-refractivity contribution in [3.8, 4) is 0 Å². The summed E-state index contributed by atoms with van der Waals surface area (Å²) in [6, 6.07) is 4.23. The molecule has 1 aromatic heterocycles. The second kappa shape index (κ2) is 7.09. The molecule has 24 heavy (non-hydrogen) atoms. The monoisotopic (exact) mass is 383 g/mol. The maximum atomic E-state index is 12.7. The van der Waals surface area contributed by atoms with Gasteiger partial charge in [-0.05, 0) is 38.0 Å². The first-order valence-electron chi connectivity index (χ1n) is 7.45. The van der Waals surface area contributed by atoms with Crippen molar-refractivity contribution in [2.24, 2.45) is 0 Å². The third kappa shape index (κ3) is 3.55. The van der Waals surface area contributed by atoms with Gasteiger partial charge >= 0.3 is 0 Å². The third-order valence-corrected chi connectivity index (χ3v) is 5.40. The van der Waals surface area contributed by atoms with Gasteiger partial charge in [0.25, 0.3) is 5.91 Å². The van der Waals surface area contributed by atoms with E-state index < -0.39 is 6.04 Å². The van der Waals surface area contributed by atoms with Gasteiger partial charge in [-0.3, -0.25) is 9.59 Å². The Balaban J connectivity index is 1.75. The van der Waals surface area contributed by atoms with E-state index in [0.29, 0.717) is 33.7 Å². The minimum absolute atomic E-state index is 0.213. The number of amides is 2. The number of hydrogen-bond acceptors (Lipinski definition) is 4. The number of likely N-dealkylation sites (tertiary alicyclic amines) is 1. The van der Waals surface area contributed by atoms with Gasteiger partial charge in [-0.15, -0.1) is 11.3 Å². The number of rotatable bonds is 3. The summed E-state index contributed by atoms with van der Waals surface area (Å²) in [4.78, 5) is 31.9. The molecular formula is C16H15Cl2N3O2S. The molecule has 126 valence electrons. The highest BCUT2D eigenvalue weighted by atomic mass is 35.5. The number of carbonyl (C=O) groups excluding carboxylic acids is 2. The van der Waals surface area contributed by atoms with Crippen LogP contribution in [0, 0.1) is 6.92 Å². The van der Waals surface area contributed by atoms with E-state index in [9.17, 15) is 9.59 Å². The number of thiazole rings is 1. The summed E-state index contributed by atoms with van der Waals surface area (Å²) in [6.45, 7) is 2.46. The number of benzene rings is 1. The molecule has 3 rings (SSSR count). The van der Waals surface area contributed by atoms with Gasteiger partial charge in [-0.1, -0.05) is 23.2 Å². The van der Waals surface area contributed by atoms with Crippen LogP contribution in [-0.4, -0.2) is 34.3 Å². The number of nitrogens with one attached hydrogen (secondary N) is 1. The van der Waals surface area contributed by atoms with Crippen LogP contribution in [0.15, 0.2) is 24.4 Å². The van der Waals surface area contributed by atoms with Crippen molar-refractivity contribution < 1.29 is 9.59 Å². The Morgan fingerprint density at radius 1 is 1.33 bits per heavy atom. The second-order valence-corrected chi connectivity index (χ2v) is 7.60. The molecule has 8 heteroatoms. The summed E-state index contributed by atoms with van der Waals surface area (Å²) < 4.78 is 0. The second-order valence-electron chi connectivity index (χ2n) is 5.55. The Bertz CT molecular complexity index is 793.